The molecule has 0 aliphatic carbocycles. The Morgan fingerprint density at radius 3 is 1.64 bits per heavy atom. The van der Waals surface area contributed by atoms with Gasteiger partial charge in [-0.15, -0.1) is 0 Å². The maximum atomic E-state index is 6.46. The average molecular weight is 605 g/mol. The molecule has 9 aromatic rings. The molecule has 0 aliphatic heterocycles. The average Bonchev–Trinajstić information content (AvgIpc) is 3.72. The summed E-state index contributed by atoms with van der Waals surface area (Å²) in [5, 5.41) is 2.03. The molecule has 4 nitrogen and oxygen atoms in total. The van der Waals surface area contributed by atoms with Crippen LogP contribution in [0, 0.1) is 0 Å². The number of oxazole rings is 1. The monoisotopic (exact) mass is 604 g/mol. The zero-order valence-electron chi connectivity index (χ0n) is 25.4. The number of rotatable bonds is 6. The normalized spacial score (nSPS) is 11.4. The van der Waals surface area contributed by atoms with E-state index in [9.17, 15) is 0 Å². The van der Waals surface area contributed by atoms with Gasteiger partial charge in [-0.1, -0.05) is 103 Å². The molecule has 2 aromatic heterocycles. The second-order valence-corrected chi connectivity index (χ2v) is 11.6. The fourth-order valence-electron chi connectivity index (χ4n) is 6.45. The molecule has 2 heterocycles. The van der Waals surface area contributed by atoms with Crippen molar-refractivity contribution in [3.8, 4) is 33.7 Å². The Bertz CT molecular complexity index is 2500. The van der Waals surface area contributed by atoms with Gasteiger partial charge in [0.1, 0.15) is 16.7 Å². The highest BCUT2D eigenvalue weighted by Crippen LogP contribution is 2.41. The molecule has 0 saturated heterocycles. The molecule has 0 unspecified atom stereocenters. The second-order valence-electron chi connectivity index (χ2n) is 11.6. The summed E-state index contributed by atoms with van der Waals surface area (Å²) in [5.74, 6) is 0.605. The van der Waals surface area contributed by atoms with Crippen molar-refractivity contribution in [3.05, 3.63) is 170 Å². The summed E-state index contributed by atoms with van der Waals surface area (Å²) < 4.78 is 12.6. The Hall–Kier alpha value is -6.39. The first-order valence-electron chi connectivity index (χ1n) is 15.7. The number of aromatic nitrogens is 1. The third-order valence-electron chi connectivity index (χ3n) is 8.71. The van der Waals surface area contributed by atoms with Crippen LogP contribution >= 0.6 is 0 Å². The van der Waals surface area contributed by atoms with Crippen molar-refractivity contribution in [2.75, 3.05) is 4.90 Å². The van der Waals surface area contributed by atoms with Crippen molar-refractivity contribution >= 4 is 50.1 Å². The van der Waals surface area contributed by atoms with Gasteiger partial charge in [0, 0.05) is 45.5 Å². The van der Waals surface area contributed by atoms with Gasteiger partial charge in [0.15, 0.2) is 5.58 Å². The van der Waals surface area contributed by atoms with E-state index < -0.39 is 0 Å². The van der Waals surface area contributed by atoms with Gasteiger partial charge in [0.2, 0.25) is 5.89 Å². The number of nitrogens with zero attached hydrogens (tertiary/aromatic N) is 2. The molecule has 0 N–H and O–H groups in total. The van der Waals surface area contributed by atoms with Crippen LogP contribution in [0.25, 0.3) is 66.7 Å². The Morgan fingerprint density at radius 2 is 0.936 bits per heavy atom. The summed E-state index contributed by atoms with van der Waals surface area (Å²) in [5.41, 5.74) is 12.0. The van der Waals surface area contributed by atoms with Gasteiger partial charge in [0.25, 0.3) is 0 Å². The van der Waals surface area contributed by atoms with Crippen molar-refractivity contribution in [1.29, 1.82) is 0 Å². The molecule has 0 spiro atoms. The number of para-hydroxylation sites is 1. The molecule has 7 aromatic carbocycles. The van der Waals surface area contributed by atoms with E-state index in [1.54, 1.807) is 0 Å². The lowest BCUT2D eigenvalue weighted by Crippen LogP contribution is -2.09. The molecule has 0 atom stereocenters. The minimum absolute atomic E-state index is 0.605. The van der Waals surface area contributed by atoms with E-state index in [-0.39, 0.29) is 0 Å². The molecule has 222 valence electrons. The van der Waals surface area contributed by atoms with Crippen molar-refractivity contribution < 1.29 is 8.83 Å². The van der Waals surface area contributed by atoms with Gasteiger partial charge in [0.05, 0.1) is 0 Å². The van der Waals surface area contributed by atoms with Crippen LogP contribution in [0.5, 0.6) is 0 Å². The van der Waals surface area contributed by atoms with Crippen LogP contribution in [0.3, 0.4) is 0 Å². The molecule has 0 radical (unpaired) electrons. The summed E-state index contributed by atoms with van der Waals surface area (Å²) in [4.78, 5) is 7.01. The largest absolute Gasteiger partial charge is 0.456 e. The molecule has 0 fully saturated rings. The van der Waals surface area contributed by atoms with Crippen LogP contribution in [0.4, 0.5) is 17.1 Å². The van der Waals surface area contributed by atoms with E-state index in [0.717, 1.165) is 55.7 Å². The first-order chi connectivity index (χ1) is 23.3. The maximum Gasteiger partial charge on any atom is 0.227 e. The van der Waals surface area contributed by atoms with Crippen molar-refractivity contribution in [1.82, 2.24) is 4.98 Å². The van der Waals surface area contributed by atoms with Crippen molar-refractivity contribution in [2.24, 2.45) is 0 Å². The lowest BCUT2D eigenvalue weighted by molar-refractivity contribution is 0.620. The van der Waals surface area contributed by atoms with E-state index in [2.05, 4.69) is 126 Å². The van der Waals surface area contributed by atoms with Crippen LogP contribution in [-0.4, -0.2) is 4.98 Å². The molecule has 0 saturated carbocycles. The summed E-state index contributed by atoms with van der Waals surface area (Å²) >= 11 is 0. The SMILES string of the molecule is c1ccc(-c2nc3cc4oc5cc(N(c6ccccc6)c6ccc(-c7ccccc7-c7ccccc7)cc6)ccc5c4cc3o2)cc1. The lowest BCUT2D eigenvalue weighted by atomic mass is 9.94. The molecule has 0 amide bonds. The summed E-state index contributed by atoms with van der Waals surface area (Å²) in [6, 6.07) is 58.7. The minimum atomic E-state index is 0.605. The number of fused-ring (bicyclic) bond motifs is 4. The molecular formula is C43H28N2O2. The molecule has 47 heavy (non-hydrogen) atoms. The van der Waals surface area contributed by atoms with Gasteiger partial charge in [-0.3, -0.25) is 0 Å². The van der Waals surface area contributed by atoms with Gasteiger partial charge < -0.3 is 13.7 Å². The van der Waals surface area contributed by atoms with E-state index >= 15 is 0 Å². The van der Waals surface area contributed by atoms with E-state index in [0.29, 0.717) is 5.89 Å². The van der Waals surface area contributed by atoms with Crippen LogP contribution < -0.4 is 4.90 Å². The number of furan rings is 1. The number of hydrogen-bond donors (Lipinski definition) is 0. The van der Waals surface area contributed by atoms with E-state index in [1.165, 1.54) is 22.3 Å². The summed E-state index contributed by atoms with van der Waals surface area (Å²) in [7, 11) is 0. The lowest BCUT2D eigenvalue weighted by Gasteiger charge is -2.25. The standard InChI is InChI=1S/C43H28N2O2/c1-4-12-29(13-5-1)35-18-10-11-19-36(35)30-20-22-33(23-21-30)45(32-16-8-3-9-17-32)34-24-25-37-38-27-42-39(28-41(38)46-40(37)26-34)44-43(47-42)31-14-6-2-7-15-31/h1-28H. The first kappa shape index (κ1) is 27.0. The third-order valence-corrected chi connectivity index (χ3v) is 8.71. The number of anilines is 3. The highest BCUT2D eigenvalue weighted by Gasteiger charge is 2.18. The molecule has 4 heteroatoms. The summed E-state index contributed by atoms with van der Waals surface area (Å²) in [6.07, 6.45) is 0. The Labute approximate surface area is 271 Å². The Morgan fingerprint density at radius 1 is 0.383 bits per heavy atom. The minimum Gasteiger partial charge on any atom is -0.456 e. The van der Waals surface area contributed by atoms with Gasteiger partial charge in [-0.25, -0.2) is 4.98 Å². The Balaban J connectivity index is 1.11. The number of hydrogen-bond acceptors (Lipinski definition) is 4. The van der Waals surface area contributed by atoms with Gasteiger partial charge >= 0.3 is 0 Å². The zero-order chi connectivity index (χ0) is 31.2. The second kappa shape index (κ2) is 11.2. The smallest absolute Gasteiger partial charge is 0.227 e. The molecule has 0 aliphatic rings. The summed E-state index contributed by atoms with van der Waals surface area (Å²) in [6.45, 7) is 0. The van der Waals surface area contributed by atoms with Gasteiger partial charge in [-0.2, -0.15) is 0 Å². The highest BCUT2D eigenvalue weighted by atomic mass is 16.4. The van der Waals surface area contributed by atoms with E-state index in [1.807, 2.05) is 48.5 Å². The third kappa shape index (κ3) is 4.84. The van der Waals surface area contributed by atoms with Crippen LogP contribution in [0.2, 0.25) is 0 Å². The van der Waals surface area contributed by atoms with Gasteiger partial charge in [-0.05, 0) is 76.9 Å². The fraction of sp³-hybridized carbons (Fsp3) is 0. The predicted octanol–water partition coefficient (Wildman–Crippen LogP) is 12.2. The van der Waals surface area contributed by atoms with Crippen LogP contribution in [0.15, 0.2) is 179 Å². The van der Waals surface area contributed by atoms with Crippen molar-refractivity contribution in [2.45, 2.75) is 0 Å². The highest BCUT2D eigenvalue weighted by molar-refractivity contribution is 6.09. The zero-order valence-corrected chi connectivity index (χ0v) is 25.4. The molecule has 9 rings (SSSR count). The Kier molecular flexibility index (Phi) is 6.43. The van der Waals surface area contributed by atoms with Crippen LogP contribution in [-0.2, 0) is 0 Å². The topological polar surface area (TPSA) is 42.4 Å². The number of benzene rings is 7. The maximum absolute atomic E-state index is 6.46. The molecule has 0 bridgehead atoms. The van der Waals surface area contributed by atoms with Crippen LogP contribution in [0.1, 0.15) is 0 Å². The molecular weight excluding hydrogens is 576 g/mol. The van der Waals surface area contributed by atoms with E-state index in [4.69, 9.17) is 13.8 Å². The predicted molar refractivity (Wildman–Crippen MR) is 192 cm³/mol. The first-order valence-corrected chi connectivity index (χ1v) is 15.7. The fourth-order valence-corrected chi connectivity index (χ4v) is 6.45. The quantitative estimate of drug-likeness (QED) is 0.189. The van der Waals surface area contributed by atoms with Crippen molar-refractivity contribution in [3.63, 3.8) is 0 Å².